The number of nitrogens with zero attached hydrogens (tertiary/aromatic N) is 2. The zero-order chi connectivity index (χ0) is 22.4. The summed E-state index contributed by atoms with van der Waals surface area (Å²) >= 11 is 0. The molecule has 6 nitrogen and oxygen atoms in total. The molecule has 0 unspecified atom stereocenters. The van der Waals surface area contributed by atoms with Crippen LogP contribution in [0.15, 0.2) is 83.8 Å². The Kier molecular flexibility index (Phi) is 7.09. The van der Waals surface area contributed by atoms with Crippen molar-refractivity contribution in [2.75, 3.05) is 30.9 Å². The zero-order valence-electron chi connectivity index (χ0n) is 17.9. The van der Waals surface area contributed by atoms with Crippen LogP contribution in [0.5, 0.6) is 0 Å². The average molecular weight is 438 g/mol. The molecule has 0 aliphatic heterocycles. The van der Waals surface area contributed by atoms with E-state index in [-0.39, 0.29) is 17.3 Å². The second-order valence-electron chi connectivity index (χ2n) is 7.49. The number of nitrogens with one attached hydrogen (secondary N) is 1. The van der Waals surface area contributed by atoms with Crippen LogP contribution in [0.25, 0.3) is 0 Å². The molecule has 7 heteroatoms. The Morgan fingerprint density at radius 2 is 1.52 bits per heavy atom. The fourth-order valence-electron chi connectivity index (χ4n) is 3.21. The molecule has 162 valence electrons. The van der Waals surface area contributed by atoms with Crippen LogP contribution in [0.4, 0.5) is 11.4 Å². The highest BCUT2D eigenvalue weighted by atomic mass is 32.2. The maximum Gasteiger partial charge on any atom is 0.243 e. The molecule has 31 heavy (non-hydrogen) atoms. The van der Waals surface area contributed by atoms with Gasteiger partial charge in [-0.3, -0.25) is 4.79 Å². The summed E-state index contributed by atoms with van der Waals surface area (Å²) in [5, 5.41) is 2.84. The first-order valence-corrected chi connectivity index (χ1v) is 11.4. The number of carbonyl (C=O) groups excluding carboxylic acids is 1. The van der Waals surface area contributed by atoms with Gasteiger partial charge in [-0.15, -0.1) is 0 Å². The molecule has 0 aliphatic carbocycles. The summed E-state index contributed by atoms with van der Waals surface area (Å²) < 4.78 is 26.3. The Morgan fingerprint density at radius 1 is 0.903 bits per heavy atom. The molecular weight excluding hydrogens is 410 g/mol. The maximum atomic E-state index is 12.9. The van der Waals surface area contributed by atoms with Crippen LogP contribution >= 0.6 is 0 Å². The Morgan fingerprint density at radius 3 is 2.13 bits per heavy atom. The Balaban J connectivity index is 1.80. The Hall–Kier alpha value is -3.16. The molecule has 0 fully saturated rings. The topological polar surface area (TPSA) is 69.7 Å². The Bertz CT molecular complexity index is 1130. The molecule has 1 amide bonds. The third kappa shape index (κ3) is 5.71. The molecule has 3 aromatic rings. The predicted molar refractivity (Wildman–Crippen MR) is 125 cm³/mol. The molecule has 0 atom stereocenters. The molecule has 0 aliphatic rings. The lowest BCUT2D eigenvalue weighted by Crippen LogP contribution is -2.33. The van der Waals surface area contributed by atoms with Gasteiger partial charge in [0.15, 0.2) is 0 Å². The first kappa shape index (κ1) is 22.5. The van der Waals surface area contributed by atoms with Crippen molar-refractivity contribution in [2.45, 2.75) is 18.4 Å². The van der Waals surface area contributed by atoms with E-state index in [2.05, 4.69) is 5.32 Å². The molecule has 1 N–H and O–H groups in total. The lowest BCUT2D eigenvalue weighted by molar-refractivity contribution is -0.115. The SMILES string of the molecule is Cc1ccc(NC(=O)CN(Cc2ccccc2)c2ccccc2)cc1S(=O)(=O)N(C)C. The lowest BCUT2D eigenvalue weighted by Gasteiger charge is -2.24. The van der Waals surface area contributed by atoms with Crippen LogP contribution in [0, 0.1) is 6.92 Å². The minimum atomic E-state index is -3.60. The van der Waals surface area contributed by atoms with Crippen molar-refractivity contribution in [3.63, 3.8) is 0 Å². The van der Waals surface area contributed by atoms with Gasteiger partial charge in [0.05, 0.1) is 11.4 Å². The van der Waals surface area contributed by atoms with Gasteiger partial charge >= 0.3 is 0 Å². The number of aryl methyl sites for hydroxylation is 1. The van der Waals surface area contributed by atoms with E-state index in [0.717, 1.165) is 15.6 Å². The summed E-state index contributed by atoms with van der Waals surface area (Å²) in [7, 11) is -0.626. The predicted octanol–water partition coefficient (Wildman–Crippen LogP) is 3.89. The largest absolute Gasteiger partial charge is 0.358 e. The van der Waals surface area contributed by atoms with Gasteiger partial charge in [-0.1, -0.05) is 54.6 Å². The van der Waals surface area contributed by atoms with Crippen molar-refractivity contribution in [2.24, 2.45) is 0 Å². The number of carbonyl (C=O) groups is 1. The van der Waals surface area contributed by atoms with Crippen molar-refractivity contribution in [1.82, 2.24) is 4.31 Å². The highest BCUT2D eigenvalue weighted by Gasteiger charge is 2.21. The first-order valence-electron chi connectivity index (χ1n) is 9.94. The molecule has 0 heterocycles. The van der Waals surface area contributed by atoms with E-state index in [1.54, 1.807) is 19.1 Å². The van der Waals surface area contributed by atoms with Crippen LogP contribution in [0.1, 0.15) is 11.1 Å². The van der Waals surface area contributed by atoms with Gasteiger partial charge in [0.25, 0.3) is 0 Å². The van der Waals surface area contributed by atoms with Crippen molar-refractivity contribution < 1.29 is 13.2 Å². The minimum absolute atomic E-state index is 0.128. The zero-order valence-corrected chi connectivity index (χ0v) is 18.8. The van der Waals surface area contributed by atoms with Crippen molar-refractivity contribution in [3.8, 4) is 0 Å². The second-order valence-corrected chi connectivity index (χ2v) is 9.61. The van der Waals surface area contributed by atoms with Crippen LogP contribution in [-0.4, -0.2) is 39.3 Å². The number of hydrogen-bond acceptors (Lipinski definition) is 4. The standard InChI is InChI=1S/C24H27N3O3S/c1-19-14-15-21(16-23(19)31(29,30)26(2)3)25-24(28)18-27(22-12-8-5-9-13-22)17-20-10-6-4-7-11-20/h4-16H,17-18H2,1-3H3,(H,25,28). The number of hydrogen-bond donors (Lipinski definition) is 1. The van der Waals surface area contributed by atoms with Gasteiger partial charge in [-0.2, -0.15) is 0 Å². The molecule has 0 aromatic heterocycles. The summed E-state index contributed by atoms with van der Waals surface area (Å²) in [5.74, 6) is -0.225. The quantitative estimate of drug-likeness (QED) is 0.580. The smallest absolute Gasteiger partial charge is 0.243 e. The van der Waals surface area contributed by atoms with Crippen LogP contribution in [-0.2, 0) is 21.4 Å². The molecule has 0 spiro atoms. The van der Waals surface area contributed by atoms with E-state index in [0.29, 0.717) is 17.8 Å². The number of sulfonamides is 1. The number of rotatable bonds is 8. The highest BCUT2D eigenvalue weighted by molar-refractivity contribution is 7.89. The van der Waals surface area contributed by atoms with Crippen molar-refractivity contribution >= 4 is 27.3 Å². The third-order valence-electron chi connectivity index (χ3n) is 4.90. The van der Waals surface area contributed by atoms with Gasteiger partial charge in [0, 0.05) is 32.0 Å². The van der Waals surface area contributed by atoms with Gasteiger partial charge in [-0.05, 0) is 42.3 Å². The van der Waals surface area contributed by atoms with Crippen molar-refractivity contribution in [3.05, 3.63) is 90.0 Å². The molecule has 0 radical (unpaired) electrons. The van der Waals surface area contributed by atoms with Gasteiger partial charge in [-0.25, -0.2) is 12.7 Å². The molecule has 0 bridgehead atoms. The molecule has 0 saturated carbocycles. The molecule has 0 saturated heterocycles. The number of amides is 1. The summed E-state index contributed by atoms with van der Waals surface area (Å²) in [6.07, 6.45) is 0. The van der Waals surface area contributed by atoms with Gasteiger partial charge in [0.2, 0.25) is 15.9 Å². The van der Waals surface area contributed by atoms with Crippen LogP contribution in [0.3, 0.4) is 0 Å². The van der Waals surface area contributed by atoms with E-state index < -0.39 is 10.0 Å². The lowest BCUT2D eigenvalue weighted by atomic mass is 10.2. The molecular formula is C24H27N3O3S. The number of benzene rings is 3. The second kappa shape index (κ2) is 9.76. The van der Waals surface area contributed by atoms with Gasteiger partial charge < -0.3 is 10.2 Å². The fourth-order valence-corrected chi connectivity index (χ4v) is 4.35. The Labute approximate surface area is 184 Å². The summed E-state index contributed by atoms with van der Waals surface area (Å²) in [5.41, 5.74) is 3.10. The first-order chi connectivity index (χ1) is 14.8. The summed E-state index contributed by atoms with van der Waals surface area (Å²) in [6.45, 7) is 2.44. The highest BCUT2D eigenvalue weighted by Crippen LogP contribution is 2.23. The van der Waals surface area contributed by atoms with E-state index >= 15 is 0 Å². The van der Waals surface area contributed by atoms with Crippen LogP contribution in [0.2, 0.25) is 0 Å². The number of para-hydroxylation sites is 1. The average Bonchev–Trinajstić information content (AvgIpc) is 2.75. The summed E-state index contributed by atoms with van der Waals surface area (Å²) in [4.78, 5) is 15.0. The summed E-state index contributed by atoms with van der Waals surface area (Å²) in [6, 6.07) is 24.6. The number of anilines is 2. The van der Waals surface area contributed by atoms with Crippen LogP contribution < -0.4 is 10.2 Å². The minimum Gasteiger partial charge on any atom is -0.358 e. The van der Waals surface area contributed by atoms with Crippen molar-refractivity contribution in [1.29, 1.82) is 0 Å². The molecule has 3 aromatic carbocycles. The monoisotopic (exact) mass is 437 g/mol. The van der Waals surface area contributed by atoms with E-state index in [1.165, 1.54) is 20.2 Å². The normalized spacial score (nSPS) is 11.4. The van der Waals surface area contributed by atoms with E-state index in [9.17, 15) is 13.2 Å². The van der Waals surface area contributed by atoms with Gasteiger partial charge in [0.1, 0.15) is 0 Å². The van der Waals surface area contributed by atoms with E-state index in [1.807, 2.05) is 65.6 Å². The fraction of sp³-hybridized carbons (Fsp3) is 0.208. The third-order valence-corrected chi connectivity index (χ3v) is 6.86. The maximum absolute atomic E-state index is 12.9. The van der Waals surface area contributed by atoms with E-state index in [4.69, 9.17) is 0 Å². The molecule has 3 rings (SSSR count).